The molecule has 1 amide bonds. The van der Waals surface area contributed by atoms with E-state index >= 15 is 0 Å². The van der Waals surface area contributed by atoms with Crippen LogP contribution in [0.25, 0.3) is 0 Å². The van der Waals surface area contributed by atoms with Gasteiger partial charge in [0, 0.05) is 22.2 Å². The largest absolute Gasteiger partial charge is 0.365 e. The predicted molar refractivity (Wildman–Crippen MR) is 104 cm³/mol. The molecule has 138 valence electrons. The van der Waals surface area contributed by atoms with Crippen LogP contribution < -0.4 is 10.2 Å². The maximum Gasteiger partial charge on any atom is 0.224 e. The van der Waals surface area contributed by atoms with Crippen LogP contribution in [0.1, 0.15) is 11.1 Å². The second-order valence-electron chi connectivity index (χ2n) is 6.54. The number of quaternary nitrogens is 1. The third-order valence-corrected chi connectivity index (χ3v) is 5.26. The van der Waals surface area contributed by atoms with Crippen LogP contribution in [0.2, 0.25) is 10.0 Å². The molecule has 0 bridgehead atoms. The number of amides is 1. The molecule has 0 radical (unpaired) electrons. The molecule has 26 heavy (non-hydrogen) atoms. The van der Waals surface area contributed by atoms with Gasteiger partial charge in [-0.2, -0.15) is 0 Å². The molecular formula is C20H23Cl2N2O2+. The van der Waals surface area contributed by atoms with Gasteiger partial charge in [-0.3, -0.25) is 4.79 Å². The lowest BCUT2D eigenvalue weighted by atomic mass is 10.1. The molecule has 6 heteroatoms. The van der Waals surface area contributed by atoms with E-state index in [1.54, 1.807) is 18.2 Å². The van der Waals surface area contributed by atoms with Gasteiger partial charge in [0.1, 0.15) is 25.7 Å². The zero-order chi connectivity index (χ0) is 18.4. The van der Waals surface area contributed by atoms with Crippen LogP contribution in [0, 0.1) is 0 Å². The average molecular weight is 394 g/mol. The molecule has 0 aliphatic carbocycles. The number of ether oxygens (including phenoxy) is 1. The van der Waals surface area contributed by atoms with Crippen molar-refractivity contribution in [2.75, 3.05) is 26.2 Å². The summed E-state index contributed by atoms with van der Waals surface area (Å²) in [5.74, 6) is -0.0983. The molecular weight excluding hydrogens is 371 g/mol. The van der Waals surface area contributed by atoms with Gasteiger partial charge in [0.25, 0.3) is 0 Å². The maximum atomic E-state index is 12.2. The first kappa shape index (κ1) is 19.2. The fourth-order valence-electron chi connectivity index (χ4n) is 3.18. The SMILES string of the molecule is O=C(Cc1c(Cl)cccc1Cl)NC[C@@H]1C[NH+](Cc2ccccc2)CCO1. The van der Waals surface area contributed by atoms with Crippen LogP contribution in [-0.2, 0) is 22.5 Å². The van der Waals surface area contributed by atoms with Gasteiger partial charge in [-0.15, -0.1) is 0 Å². The number of hydrogen-bond acceptors (Lipinski definition) is 2. The van der Waals surface area contributed by atoms with Gasteiger partial charge < -0.3 is 15.0 Å². The Labute approximate surface area is 164 Å². The van der Waals surface area contributed by atoms with Crippen molar-refractivity contribution < 1.29 is 14.4 Å². The van der Waals surface area contributed by atoms with Crippen molar-refractivity contribution in [1.82, 2.24) is 5.32 Å². The predicted octanol–water partition coefficient (Wildman–Crippen LogP) is 2.14. The molecule has 2 N–H and O–H groups in total. The molecule has 0 saturated carbocycles. The van der Waals surface area contributed by atoms with E-state index in [-0.39, 0.29) is 18.4 Å². The summed E-state index contributed by atoms with van der Waals surface area (Å²) in [5.41, 5.74) is 1.98. The highest BCUT2D eigenvalue weighted by molar-refractivity contribution is 6.36. The molecule has 1 aliphatic rings. The Bertz CT molecular complexity index is 720. The normalized spacial score (nSPS) is 19.9. The lowest BCUT2D eigenvalue weighted by molar-refractivity contribution is -0.925. The highest BCUT2D eigenvalue weighted by Gasteiger charge is 2.24. The van der Waals surface area contributed by atoms with Crippen LogP contribution in [-0.4, -0.2) is 38.3 Å². The van der Waals surface area contributed by atoms with Crippen LogP contribution >= 0.6 is 23.2 Å². The zero-order valence-electron chi connectivity index (χ0n) is 14.5. The van der Waals surface area contributed by atoms with Crippen LogP contribution in [0.4, 0.5) is 0 Å². The average Bonchev–Trinajstić information content (AvgIpc) is 2.64. The summed E-state index contributed by atoms with van der Waals surface area (Å²) in [6.07, 6.45) is 0.194. The molecule has 4 nitrogen and oxygen atoms in total. The van der Waals surface area contributed by atoms with E-state index in [0.717, 1.165) is 19.6 Å². The fourth-order valence-corrected chi connectivity index (χ4v) is 3.71. The minimum Gasteiger partial charge on any atom is -0.365 e. The van der Waals surface area contributed by atoms with Gasteiger partial charge in [-0.05, 0) is 17.7 Å². The molecule has 2 atom stereocenters. The number of benzene rings is 2. The summed E-state index contributed by atoms with van der Waals surface area (Å²) >= 11 is 12.3. The molecule has 1 unspecified atom stereocenters. The Morgan fingerprint density at radius 3 is 2.58 bits per heavy atom. The van der Waals surface area contributed by atoms with Crippen molar-refractivity contribution >= 4 is 29.1 Å². The van der Waals surface area contributed by atoms with Gasteiger partial charge in [0.05, 0.1) is 13.0 Å². The molecule has 3 rings (SSSR count). The van der Waals surface area contributed by atoms with E-state index in [2.05, 4.69) is 29.6 Å². The van der Waals surface area contributed by atoms with E-state index in [0.29, 0.717) is 28.8 Å². The molecule has 0 spiro atoms. The first-order valence-electron chi connectivity index (χ1n) is 8.80. The molecule has 2 aromatic rings. The molecule has 1 saturated heterocycles. The monoisotopic (exact) mass is 393 g/mol. The summed E-state index contributed by atoms with van der Waals surface area (Å²) in [4.78, 5) is 13.7. The van der Waals surface area contributed by atoms with Gasteiger partial charge in [-0.1, -0.05) is 59.6 Å². The third kappa shape index (κ3) is 5.45. The highest BCUT2D eigenvalue weighted by atomic mass is 35.5. The molecule has 2 aromatic carbocycles. The summed E-state index contributed by atoms with van der Waals surface area (Å²) < 4.78 is 5.81. The Hall–Kier alpha value is -1.59. The molecule has 1 aliphatic heterocycles. The minimum atomic E-state index is -0.0983. The van der Waals surface area contributed by atoms with Crippen molar-refractivity contribution in [1.29, 1.82) is 0 Å². The van der Waals surface area contributed by atoms with Gasteiger partial charge in [0.15, 0.2) is 0 Å². The Morgan fingerprint density at radius 1 is 1.12 bits per heavy atom. The van der Waals surface area contributed by atoms with E-state index in [9.17, 15) is 4.79 Å². The molecule has 1 fully saturated rings. The summed E-state index contributed by atoms with van der Waals surface area (Å²) in [7, 11) is 0. The number of carbonyl (C=O) groups is 1. The third-order valence-electron chi connectivity index (χ3n) is 4.55. The first-order chi connectivity index (χ1) is 12.6. The van der Waals surface area contributed by atoms with E-state index in [4.69, 9.17) is 27.9 Å². The van der Waals surface area contributed by atoms with Crippen molar-refractivity contribution in [2.45, 2.75) is 19.1 Å². The molecule has 0 aromatic heterocycles. The van der Waals surface area contributed by atoms with Gasteiger partial charge in [0.2, 0.25) is 5.91 Å². The smallest absolute Gasteiger partial charge is 0.224 e. The van der Waals surface area contributed by atoms with Crippen molar-refractivity contribution in [3.8, 4) is 0 Å². The van der Waals surface area contributed by atoms with Gasteiger partial charge in [-0.25, -0.2) is 0 Å². The summed E-state index contributed by atoms with van der Waals surface area (Å²) in [6, 6.07) is 15.7. The number of nitrogens with one attached hydrogen (secondary N) is 2. The van der Waals surface area contributed by atoms with Crippen LogP contribution in [0.5, 0.6) is 0 Å². The van der Waals surface area contributed by atoms with E-state index < -0.39 is 0 Å². The van der Waals surface area contributed by atoms with Crippen molar-refractivity contribution in [3.63, 3.8) is 0 Å². The topological polar surface area (TPSA) is 42.8 Å². The Balaban J connectivity index is 1.47. The number of morpholine rings is 1. The standard InChI is InChI=1S/C20H22Cl2N2O2/c21-18-7-4-8-19(22)17(18)11-20(25)23-12-16-14-24(9-10-26-16)13-15-5-2-1-3-6-15/h1-8,16H,9-14H2,(H,23,25)/p+1/t16-/m1/s1. The second kappa shape index (κ2) is 9.38. The van der Waals surface area contributed by atoms with Crippen LogP contribution in [0.15, 0.2) is 48.5 Å². The lowest BCUT2D eigenvalue weighted by Gasteiger charge is -2.30. The zero-order valence-corrected chi connectivity index (χ0v) is 16.0. The number of halogens is 2. The molecule has 1 heterocycles. The van der Waals surface area contributed by atoms with Crippen molar-refractivity contribution in [2.24, 2.45) is 0 Å². The summed E-state index contributed by atoms with van der Waals surface area (Å²) in [5, 5.41) is 3.97. The number of carbonyl (C=O) groups excluding carboxylic acids is 1. The van der Waals surface area contributed by atoms with E-state index in [1.807, 2.05) is 6.07 Å². The Kier molecular flexibility index (Phi) is 6.92. The lowest BCUT2D eigenvalue weighted by Crippen LogP contribution is -3.13. The Morgan fingerprint density at radius 2 is 1.85 bits per heavy atom. The first-order valence-corrected chi connectivity index (χ1v) is 9.56. The second-order valence-corrected chi connectivity index (χ2v) is 7.35. The van der Waals surface area contributed by atoms with Gasteiger partial charge >= 0.3 is 0 Å². The number of rotatable bonds is 6. The fraction of sp³-hybridized carbons (Fsp3) is 0.350. The quantitative estimate of drug-likeness (QED) is 0.789. The maximum absolute atomic E-state index is 12.2. The van der Waals surface area contributed by atoms with Crippen LogP contribution in [0.3, 0.4) is 0 Å². The van der Waals surface area contributed by atoms with Crippen molar-refractivity contribution in [3.05, 3.63) is 69.7 Å². The highest BCUT2D eigenvalue weighted by Crippen LogP contribution is 2.24. The minimum absolute atomic E-state index is 0.0214. The summed E-state index contributed by atoms with van der Waals surface area (Å²) in [6.45, 7) is 4.04. The number of hydrogen-bond donors (Lipinski definition) is 2. The van der Waals surface area contributed by atoms with E-state index in [1.165, 1.54) is 10.5 Å².